The second kappa shape index (κ2) is 5.34. The summed E-state index contributed by atoms with van der Waals surface area (Å²) in [4.78, 5) is 10.4. The number of nitrogens with one attached hydrogen (secondary N) is 1. The lowest BCUT2D eigenvalue weighted by Crippen LogP contribution is -1.98. The molecule has 3 N–H and O–H groups in total. The van der Waals surface area contributed by atoms with Gasteiger partial charge in [-0.1, -0.05) is 23.2 Å². The summed E-state index contributed by atoms with van der Waals surface area (Å²) in [5, 5.41) is 14.5. The van der Waals surface area contributed by atoms with Gasteiger partial charge in [-0.25, -0.2) is 0 Å². The van der Waals surface area contributed by atoms with E-state index in [9.17, 15) is 10.1 Å². The average Bonchev–Trinajstić information content (AvgIpc) is 2.35. The minimum absolute atomic E-state index is 0.133. The lowest BCUT2D eigenvalue weighted by atomic mass is 10.2. The van der Waals surface area contributed by atoms with Crippen molar-refractivity contribution in [2.45, 2.75) is 0 Å². The van der Waals surface area contributed by atoms with Crippen LogP contribution in [0.15, 0.2) is 36.4 Å². The number of nitrogens with two attached hydrogens (primary N) is 1. The van der Waals surface area contributed by atoms with Gasteiger partial charge in [0.1, 0.15) is 5.69 Å². The van der Waals surface area contributed by atoms with Crippen LogP contribution in [0.3, 0.4) is 0 Å². The lowest BCUT2D eigenvalue weighted by molar-refractivity contribution is -0.383. The summed E-state index contributed by atoms with van der Waals surface area (Å²) < 4.78 is 0. The van der Waals surface area contributed by atoms with Gasteiger partial charge < -0.3 is 11.1 Å². The van der Waals surface area contributed by atoms with E-state index in [1.54, 1.807) is 24.3 Å². The van der Waals surface area contributed by atoms with Crippen LogP contribution in [-0.2, 0) is 0 Å². The Morgan fingerprint density at radius 1 is 1.11 bits per heavy atom. The minimum atomic E-state index is -0.519. The smallest absolute Gasteiger partial charge is 0.294 e. The molecule has 0 spiro atoms. The number of nitrogen functional groups attached to an aromatic ring is 1. The molecule has 98 valence electrons. The quantitative estimate of drug-likeness (QED) is 0.505. The maximum atomic E-state index is 11.0. The molecule has 0 atom stereocenters. The third kappa shape index (κ3) is 3.07. The zero-order valence-corrected chi connectivity index (χ0v) is 11.1. The van der Waals surface area contributed by atoms with E-state index in [4.69, 9.17) is 28.9 Å². The molecule has 0 bridgehead atoms. The molecule has 0 saturated heterocycles. The van der Waals surface area contributed by atoms with Gasteiger partial charge in [0, 0.05) is 16.8 Å². The molecule has 0 aliphatic heterocycles. The highest BCUT2D eigenvalue weighted by atomic mass is 35.5. The van der Waals surface area contributed by atoms with Gasteiger partial charge in [0.25, 0.3) is 5.69 Å². The van der Waals surface area contributed by atoms with Gasteiger partial charge in [-0.2, -0.15) is 0 Å². The van der Waals surface area contributed by atoms with Crippen molar-refractivity contribution in [3.05, 3.63) is 56.6 Å². The first-order valence-electron chi connectivity index (χ1n) is 5.23. The summed E-state index contributed by atoms with van der Waals surface area (Å²) in [6.07, 6.45) is 0. The van der Waals surface area contributed by atoms with Crippen LogP contribution < -0.4 is 11.1 Å². The van der Waals surface area contributed by atoms with Crippen molar-refractivity contribution < 1.29 is 4.92 Å². The van der Waals surface area contributed by atoms with Crippen LogP contribution in [0, 0.1) is 10.1 Å². The van der Waals surface area contributed by atoms with Gasteiger partial charge in [-0.3, -0.25) is 10.1 Å². The van der Waals surface area contributed by atoms with Crippen molar-refractivity contribution in [1.82, 2.24) is 0 Å². The van der Waals surface area contributed by atoms with Crippen molar-refractivity contribution >= 4 is 46.0 Å². The highest BCUT2D eigenvalue weighted by Gasteiger charge is 2.15. The molecule has 0 unspecified atom stereocenters. The number of anilines is 3. The third-order valence-corrected chi connectivity index (χ3v) is 2.98. The van der Waals surface area contributed by atoms with E-state index in [-0.39, 0.29) is 10.7 Å². The first-order valence-corrected chi connectivity index (χ1v) is 5.99. The number of nitro groups is 1. The van der Waals surface area contributed by atoms with E-state index in [1.165, 1.54) is 12.1 Å². The second-order valence-electron chi connectivity index (χ2n) is 3.78. The van der Waals surface area contributed by atoms with E-state index in [2.05, 4.69) is 5.32 Å². The molecule has 0 amide bonds. The van der Waals surface area contributed by atoms with Gasteiger partial charge >= 0.3 is 0 Å². The van der Waals surface area contributed by atoms with Gasteiger partial charge in [-0.05, 0) is 30.3 Å². The van der Waals surface area contributed by atoms with Crippen molar-refractivity contribution in [3.63, 3.8) is 0 Å². The van der Waals surface area contributed by atoms with Crippen LogP contribution in [0.5, 0.6) is 0 Å². The van der Waals surface area contributed by atoms with Crippen molar-refractivity contribution in [2.75, 3.05) is 11.1 Å². The highest BCUT2D eigenvalue weighted by molar-refractivity contribution is 6.33. The zero-order valence-electron chi connectivity index (χ0n) is 9.56. The Labute approximate surface area is 119 Å². The van der Waals surface area contributed by atoms with Crippen LogP contribution in [-0.4, -0.2) is 4.92 Å². The number of nitro benzene ring substituents is 1. The fourth-order valence-electron chi connectivity index (χ4n) is 1.55. The monoisotopic (exact) mass is 297 g/mol. The van der Waals surface area contributed by atoms with Crippen LogP contribution in [0.25, 0.3) is 0 Å². The normalized spacial score (nSPS) is 10.2. The van der Waals surface area contributed by atoms with Crippen LogP contribution in [0.2, 0.25) is 10.0 Å². The molecule has 2 aromatic rings. The van der Waals surface area contributed by atoms with E-state index in [0.717, 1.165) is 0 Å². The fraction of sp³-hybridized carbons (Fsp3) is 0. The summed E-state index contributed by atoms with van der Waals surface area (Å²) in [5.74, 6) is 0. The number of rotatable bonds is 3. The van der Waals surface area contributed by atoms with Crippen LogP contribution in [0.4, 0.5) is 22.7 Å². The van der Waals surface area contributed by atoms with Crippen molar-refractivity contribution in [3.8, 4) is 0 Å². The number of halogens is 2. The summed E-state index contributed by atoms with van der Waals surface area (Å²) in [5.41, 5.74) is 6.81. The molecule has 2 aromatic carbocycles. The summed E-state index contributed by atoms with van der Waals surface area (Å²) in [6.45, 7) is 0. The van der Waals surface area contributed by atoms with Gasteiger partial charge in [0.2, 0.25) is 0 Å². The first-order chi connectivity index (χ1) is 8.97. The predicted molar refractivity (Wildman–Crippen MR) is 77.3 cm³/mol. The molecule has 0 aromatic heterocycles. The summed E-state index contributed by atoms with van der Waals surface area (Å²) in [7, 11) is 0. The summed E-state index contributed by atoms with van der Waals surface area (Å²) in [6, 6.07) is 9.19. The predicted octanol–water partition coefficient (Wildman–Crippen LogP) is 4.23. The second-order valence-corrected chi connectivity index (χ2v) is 4.63. The molecule has 0 radical (unpaired) electrons. The van der Waals surface area contributed by atoms with Crippen LogP contribution in [0.1, 0.15) is 0 Å². The maximum absolute atomic E-state index is 11.0. The molecule has 5 nitrogen and oxygen atoms in total. The Hall–Kier alpha value is -1.98. The lowest BCUT2D eigenvalue weighted by Gasteiger charge is -2.09. The molecule has 7 heteroatoms. The van der Waals surface area contributed by atoms with Crippen LogP contribution >= 0.6 is 23.2 Å². The first kappa shape index (κ1) is 13.5. The van der Waals surface area contributed by atoms with Gasteiger partial charge in [0.15, 0.2) is 0 Å². The topological polar surface area (TPSA) is 81.2 Å². The fourth-order valence-corrected chi connectivity index (χ4v) is 1.88. The summed E-state index contributed by atoms with van der Waals surface area (Å²) >= 11 is 11.7. The van der Waals surface area contributed by atoms with E-state index in [0.29, 0.717) is 22.1 Å². The molecular weight excluding hydrogens is 289 g/mol. The third-order valence-electron chi connectivity index (χ3n) is 2.42. The molecule has 19 heavy (non-hydrogen) atoms. The number of hydrogen-bond donors (Lipinski definition) is 2. The molecule has 2 rings (SSSR count). The SMILES string of the molecule is Nc1ccc(Cl)c(Nc2ccc(Cl)cc2[N+](=O)[O-])c1. The molecule has 0 saturated carbocycles. The standard InChI is InChI=1S/C12H9Cl2N3O2/c13-7-1-4-10(12(5-7)17(18)19)16-11-6-8(15)2-3-9(11)14/h1-6,16H,15H2. The Bertz CT molecular complexity index is 647. The average molecular weight is 298 g/mol. The largest absolute Gasteiger partial charge is 0.399 e. The van der Waals surface area contributed by atoms with E-state index < -0.39 is 4.92 Å². The Morgan fingerprint density at radius 2 is 1.84 bits per heavy atom. The van der Waals surface area contributed by atoms with Crippen molar-refractivity contribution in [2.24, 2.45) is 0 Å². The molecular formula is C12H9Cl2N3O2. The van der Waals surface area contributed by atoms with Crippen molar-refractivity contribution in [1.29, 1.82) is 0 Å². The number of benzene rings is 2. The Balaban J connectivity index is 2.43. The van der Waals surface area contributed by atoms with E-state index >= 15 is 0 Å². The Morgan fingerprint density at radius 3 is 2.53 bits per heavy atom. The Kier molecular flexibility index (Phi) is 3.78. The van der Waals surface area contributed by atoms with Gasteiger partial charge in [-0.15, -0.1) is 0 Å². The minimum Gasteiger partial charge on any atom is -0.399 e. The van der Waals surface area contributed by atoms with Gasteiger partial charge in [0.05, 0.1) is 15.6 Å². The maximum Gasteiger partial charge on any atom is 0.294 e. The number of hydrogen-bond acceptors (Lipinski definition) is 4. The van der Waals surface area contributed by atoms with E-state index in [1.807, 2.05) is 0 Å². The molecule has 0 aliphatic rings. The molecule has 0 fully saturated rings. The zero-order chi connectivity index (χ0) is 14.0. The highest BCUT2D eigenvalue weighted by Crippen LogP contribution is 2.33. The molecule has 0 aliphatic carbocycles. The number of nitrogens with zero attached hydrogens (tertiary/aromatic N) is 1. The molecule has 0 heterocycles.